The summed E-state index contributed by atoms with van der Waals surface area (Å²) in [6.07, 6.45) is 1.73. The second-order valence-electron chi connectivity index (χ2n) is 7.02. The molecule has 29 heavy (non-hydrogen) atoms. The molecular formula is C22H25N3O3S. The van der Waals surface area contributed by atoms with Gasteiger partial charge in [-0.1, -0.05) is 42.1 Å². The van der Waals surface area contributed by atoms with Crippen molar-refractivity contribution in [3.8, 4) is 17.1 Å². The Balaban J connectivity index is 1.56. The van der Waals surface area contributed by atoms with Crippen LogP contribution in [0.4, 0.5) is 0 Å². The molecule has 0 saturated carbocycles. The summed E-state index contributed by atoms with van der Waals surface area (Å²) in [6.45, 7) is 1.51. The van der Waals surface area contributed by atoms with Crippen LogP contribution in [0.1, 0.15) is 24.5 Å². The highest BCUT2D eigenvalue weighted by molar-refractivity contribution is 7.99. The smallest absolute Gasteiger partial charge is 0.191 e. The maximum atomic E-state index is 10.5. The summed E-state index contributed by atoms with van der Waals surface area (Å²) in [5, 5.41) is 20.2. The number of benzene rings is 2. The summed E-state index contributed by atoms with van der Waals surface area (Å²) < 4.78 is 13.2. The largest absolute Gasteiger partial charge is 0.497 e. The molecule has 4 rings (SSSR count). The fourth-order valence-corrected chi connectivity index (χ4v) is 4.35. The van der Waals surface area contributed by atoms with Gasteiger partial charge in [-0.05, 0) is 42.7 Å². The van der Waals surface area contributed by atoms with Gasteiger partial charge in [0.2, 0.25) is 0 Å². The number of rotatable bonds is 8. The van der Waals surface area contributed by atoms with E-state index >= 15 is 0 Å². The number of aliphatic hydroxyl groups is 1. The van der Waals surface area contributed by atoms with E-state index in [0.717, 1.165) is 47.3 Å². The topological polar surface area (TPSA) is 69.4 Å². The van der Waals surface area contributed by atoms with Crippen molar-refractivity contribution in [1.29, 1.82) is 0 Å². The Hall–Kier alpha value is -2.35. The molecule has 1 N–H and O–H groups in total. The van der Waals surface area contributed by atoms with Gasteiger partial charge in [-0.15, -0.1) is 10.2 Å². The molecule has 1 fully saturated rings. The molecule has 6 nitrogen and oxygen atoms in total. The third kappa shape index (κ3) is 4.80. The summed E-state index contributed by atoms with van der Waals surface area (Å²) in [6, 6.07) is 17.5. The molecule has 0 aliphatic carbocycles. The normalized spacial score (nSPS) is 17.4. The van der Waals surface area contributed by atoms with Crippen molar-refractivity contribution in [3.63, 3.8) is 0 Å². The molecule has 7 heteroatoms. The molecule has 1 aromatic heterocycles. The van der Waals surface area contributed by atoms with E-state index in [-0.39, 0.29) is 6.10 Å². The van der Waals surface area contributed by atoms with E-state index in [2.05, 4.69) is 14.8 Å². The van der Waals surface area contributed by atoms with Crippen molar-refractivity contribution in [2.75, 3.05) is 19.5 Å². The van der Waals surface area contributed by atoms with Gasteiger partial charge in [-0.2, -0.15) is 0 Å². The average Bonchev–Trinajstić information content (AvgIpc) is 3.43. The zero-order valence-electron chi connectivity index (χ0n) is 16.4. The van der Waals surface area contributed by atoms with Crippen LogP contribution in [-0.4, -0.2) is 45.4 Å². The van der Waals surface area contributed by atoms with Gasteiger partial charge in [0.05, 0.1) is 25.9 Å². The van der Waals surface area contributed by atoms with Crippen LogP contribution in [0.5, 0.6) is 5.75 Å². The van der Waals surface area contributed by atoms with Crippen molar-refractivity contribution in [1.82, 2.24) is 14.8 Å². The zero-order chi connectivity index (χ0) is 20.1. The first-order valence-corrected chi connectivity index (χ1v) is 10.8. The predicted octanol–water partition coefficient (Wildman–Crippen LogP) is 3.96. The molecule has 1 saturated heterocycles. The Morgan fingerprint density at radius 3 is 2.66 bits per heavy atom. The standard InChI is InChI=1S/C22H25N3O3S/c1-27-18-11-9-17(10-12-18)21-23-24-22(25(21)14-19-8-5-13-28-19)29-15-20(26)16-6-3-2-4-7-16/h2-4,6-7,9-12,19-20,26H,5,8,13-15H2,1H3. The van der Waals surface area contributed by atoms with E-state index in [4.69, 9.17) is 9.47 Å². The Morgan fingerprint density at radius 2 is 1.97 bits per heavy atom. The Kier molecular flexibility index (Phi) is 6.49. The summed E-state index contributed by atoms with van der Waals surface area (Å²) in [7, 11) is 1.65. The highest BCUT2D eigenvalue weighted by atomic mass is 32.2. The molecular weight excluding hydrogens is 386 g/mol. The lowest BCUT2D eigenvalue weighted by molar-refractivity contribution is 0.0953. The van der Waals surface area contributed by atoms with Crippen LogP contribution in [0, 0.1) is 0 Å². The molecule has 1 aliphatic rings. The van der Waals surface area contributed by atoms with Crippen molar-refractivity contribution >= 4 is 11.8 Å². The van der Waals surface area contributed by atoms with Crippen LogP contribution >= 0.6 is 11.8 Å². The van der Waals surface area contributed by atoms with Gasteiger partial charge >= 0.3 is 0 Å². The number of ether oxygens (including phenoxy) is 2. The minimum Gasteiger partial charge on any atom is -0.497 e. The molecule has 1 aliphatic heterocycles. The third-order valence-corrected chi connectivity index (χ3v) is 6.07. The monoisotopic (exact) mass is 411 g/mol. The molecule has 0 spiro atoms. The molecule has 152 valence electrons. The molecule has 3 aromatic rings. The lowest BCUT2D eigenvalue weighted by Gasteiger charge is -2.16. The lowest BCUT2D eigenvalue weighted by Crippen LogP contribution is -2.17. The highest BCUT2D eigenvalue weighted by Crippen LogP contribution is 2.29. The van der Waals surface area contributed by atoms with E-state index < -0.39 is 6.10 Å². The molecule has 2 heterocycles. The summed E-state index contributed by atoms with van der Waals surface area (Å²) in [4.78, 5) is 0. The van der Waals surface area contributed by atoms with Crippen LogP contribution in [0.2, 0.25) is 0 Å². The predicted molar refractivity (Wildman–Crippen MR) is 113 cm³/mol. The lowest BCUT2D eigenvalue weighted by atomic mass is 10.1. The van der Waals surface area contributed by atoms with Crippen LogP contribution in [-0.2, 0) is 11.3 Å². The van der Waals surface area contributed by atoms with Gasteiger partial charge in [0.15, 0.2) is 11.0 Å². The maximum absolute atomic E-state index is 10.5. The molecule has 2 unspecified atom stereocenters. The van der Waals surface area contributed by atoms with Crippen LogP contribution in [0.3, 0.4) is 0 Å². The minimum absolute atomic E-state index is 0.168. The van der Waals surface area contributed by atoms with Gasteiger partial charge in [0.1, 0.15) is 5.75 Å². The third-order valence-electron chi connectivity index (χ3n) is 5.03. The van der Waals surface area contributed by atoms with Gasteiger partial charge in [0.25, 0.3) is 0 Å². The van der Waals surface area contributed by atoms with E-state index in [1.807, 2.05) is 54.6 Å². The number of aliphatic hydroxyl groups excluding tert-OH is 1. The molecule has 2 aromatic carbocycles. The van der Waals surface area contributed by atoms with Crippen LogP contribution < -0.4 is 4.74 Å². The van der Waals surface area contributed by atoms with E-state index in [1.54, 1.807) is 7.11 Å². The number of aromatic nitrogens is 3. The number of methoxy groups -OCH3 is 1. The van der Waals surface area contributed by atoms with Crippen molar-refractivity contribution < 1.29 is 14.6 Å². The van der Waals surface area contributed by atoms with Gasteiger partial charge in [-0.3, -0.25) is 4.57 Å². The molecule has 0 amide bonds. The second kappa shape index (κ2) is 9.43. The average molecular weight is 412 g/mol. The summed E-state index contributed by atoms with van der Waals surface area (Å²) in [5.74, 6) is 2.12. The van der Waals surface area contributed by atoms with E-state index in [9.17, 15) is 5.11 Å². The van der Waals surface area contributed by atoms with Crippen molar-refractivity contribution in [2.24, 2.45) is 0 Å². The van der Waals surface area contributed by atoms with Gasteiger partial charge in [-0.25, -0.2) is 0 Å². The van der Waals surface area contributed by atoms with E-state index in [0.29, 0.717) is 12.3 Å². The number of nitrogens with zero attached hydrogens (tertiary/aromatic N) is 3. The Morgan fingerprint density at radius 1 is 1.17 bits per heavy atom. The van der Waals surface area contributed by atoms with E-state index in [1.165, 1.54) is 11.8 Å². The van der Waals surface area contributed by atoms with Crippen molar-refractivity contribution in [3.05, 3.63) is 60.2 Å². The first-order chi connectivity index (χ1) is 14.2. The number of thioether (sulfide) groups is 1. The first kappa shape index (κ1) is 19.9. The minimum atomic E-state index is -0.557. The fourth-order valence-electron chi connectivity index (χ4n) is 3.43. The SMILES string of the molecule is COc1ccc(-c2nnc(SCC(O)c3ccccc3)n2CC2CCCO2)cc1. The van der Waals surface area contributed by atoms with Crippen molar-refractivity contribution in [2.45, 2.75) is 36.8 Å². The summed E-state index contributed by atoms with van der Waals surface area (Å²) >= 11 is 1.52. The molecule has 2 atom stereocenters. The maximum Gasteiger partial charge on any atom is 0.191 e. The van der Waals surface area contributed by atoms with Crippen LogP contribution in [0.25, 0.3) is 11.4 Å². The quantitative estimate of drug-likeness (QED) is 0.566. The first-order valence-electron chi connectivity index (χ1n) is 9.79. The molecule has 0 radical (unpaired) electrons. The Labute approximate surface area is 174 Å². The Bertz CT molecular complexity index is 909. The van der Waals surface area contributed by atoms with Gasteiger partial charge in [0, 0.05) is 17.9 Å². The fraction of sp³-hybridized carbons (Fsp3) is 0.364. The zero-order valence-corrected chi connectivity index (χ0v) is 17.2. The highest BCUT2D eigenvalue weighted by Gasteiger charge is 2.22. The second-order valence-corrected chi connectivity index (χ2v) is 8.00. The van der Waals surface area contributed by atoms with Gasteiger partial charge < -0.3 is 14.6 Å². The van der Waals surface area contributed by atoms with Crippen LogP contribution in [0.15, 0.2) is 59.8 Å². The summed E-state index contributed by atoms with van der Waals surface area (Å²) in [5.41, 5.74) is 1.88. The molecule has 0 bridgehead atoms. The number of hydrogen-bond acceptors (Lipinski definition) is 6. The number of hydrogen-bond donors (Lipinski definition) is 1.